The maximum absolute atomic E-state index is 10.9. The zero-order valence-electron chi connectivity index (χ0n) is 8.25. The second-order valence-electron chi connectivity index (χ2n) is 3.21. The molecule has 80 valence electrons. The summed E-state index contributed by atoms with van der Waals surface area (Å²) in [6, 6.07) is 2.35. The van der Waals surface area contributed by atoms with Gasteiger partial charge in [0, 0.05) is 44.7 Å². The summed E-state index contributed by atoms with van der Waals surface area (Å²) in [6.45, 7) is 2.90. The highest BCUT2D eigenvalue weighted by atomic mass is 79.9. The van der Waals surface area contributed by atoms with Crippen molar-refractivity contribution in [1.82, 2.24) is 5.32 Å². The molecule has 0 aromatic carbocycles. The van der Waals surface area contributed by atoms with Crippen LogP contribution in [0.2, 0.25) is 0 Å². The fraction of sp³-hybridized carbons (Fsp3) is 0.556. The van der Waals surface area contributed by atoms with Crippen molar-refractivity contribution in [1.29, 1.82) is 0 Å². The van der Waals surface area contributed by atoms with Crippen LogP contribution < -0.4 is 5.32 Å². The van der Waals surface area contributed by atoms with E-state index in [9.17, 15) is 4.21 Å². The van der Waals surface area contributed by atoms with Gasteiger partial charge in [0.05, 0.1) is 0 Å². The van der Waals surface area contributed by atoms with Gasteiger partial charge in [-0.2, -0.15) is 0 Å². The molecular weight excluding hydrogens is 282 g/mol. The fourth-order valence-corrected chi connectivity index (χ4v) is 3.39. The first kappa shape index (κ1) is 12.4. The third-order valence-electron chi connectivity index (χ3n) is 1.79. The first-order valence-corrected chi connectivity index (χ1v) is 7.75. The van der Waals surface area contributed by atoms with Gasteiger partial charge in [-0.05, 0) is 34.3 Å². The van der Waals surface area contributed by atoms with E-state index in [1.165, 1.54) is 4.88 Å². The molecule has 0 spiro atoms. The molecule has 0 aliphatic carbocycles. The minimum Gasteiger partial charge on any atom is -0.308 e. The molecule has 2 nitrogen and oxygen atoms in total. The van der Waals surface area contributed by atoms with Crippen molar-refractivity contribution >= 4 is 38.1 Å². The molecule has 1 rings (SSSR count). The van der Waals surface area contributed by atoms with Gasteiger partial charge >= 0.3 is 0 Å². The van der Waals surface area contributed by atoms with Crippen LogP contribution >= 0.6 is 27.3 Å². The fourth-order valence-electron chi connectivity index (χ4n) is 1.13. The van der Waals surface area contributed by atoms with E-state index in [-0.39, 0.29) is 0 Å². The van der Waals surface area contributed by atoms with Gasteiger partial charge in [0.1, 0.15) is 0 Å². The third kappa shape index (κ3) is 4.21. The van der Waals surface area contributed by atoms with Gasteiger partial charge in [0.2, 0.25) is 0 Å². The Balaban J connectivity index is 2.34. The van der Waals surface area contributed by atoms with Gasteiger partial charge < -0.3 is 5.32 Å². The van der Waals surface area contributed by atoms with E-state index in [2.05, 4.69) is 33.6 Å². The zero-order chi connectivity index (χ0) is 10.6. The lowest BCUT2D eigenvalue weighted by Gasteiger charge is -2.11. The molecule has 0 saturated carbocycles. The minimum absolute atomic E-state index is 0.301. The quantitative estimate of drug-likeness (QED) is 0.904. The van der Waals surface area contributed by atoms with Crippen LogP contribution in [0.15, 0.2) is 15.9 Å². The predicted molar refractivity (Wildman–Crippen MR) is 67.3 cm³/mol. The average Bonchev–Trinajstić information content (AvgIpc) is 2.46. The van der Waals surface area contributed by atoms with E-state index in [0.717, 1.165) is 11.0 Å². The van der Waals surface area contributed by atoms with E-state index < -0.39 is 10.8 Å². The lowest BCUT2D eigenvalue weighted by Crippen LogP contribution is -2.30. The second-order valence-corrected chi connectivity index (χ2v) is 6.55. The number of hydrogen-bond acceptors (Lipinski definition) is 3. The van der Waals surface area contributed by atoms with Crippen LogP contribution in [0.1, 0.15) is 11.8 Å². The van der Waals surface area contributed by atoms with Crippen molar-refractivity contribution in [3.05, 3.63) is 20.8 Å². The highest BCUT2D eigenvalue weighted by Gasteiger charge is 2.05. The molecule has 0 fully saturated rings. The van der Waals surface area contributed by atoms with Gasteiger partial charge in [0.25, 0.3) is 0 Å². The van der Waals surface area contributed by atoms with Gasteiger partial charge in [0.15, 0.2) is 0 Å². The number of thiophene rings is 1. The summed E-state index contributed by atoms with van der Waals surface area (Å²) in [7, 11) is -0.720. The molecular formula is C9H14BrNOS2. The van der Waals surface area contributed by atoms with Crippen molar-refractivity contribution in [2.75, 3.05) is 12.0 Å². The van der Waals surface area contributed by atoms with E-state index in [4.69, 9.17) is 0 Å². The number of hydrogen-bond donors (Lipinski definition) is 1. The smallest absolute Gasteiger partial charge is 0.0383 e. The maximum Gasteiger partial charge on any atom is 0.0383 e. The summed E-state index contributed by atoms with van der Waals surface area (Å²) >= 11 is 5.20. The molecule has 1 aromatic rings. The van der Waals surface area contributed by atoms with Gasteiger partial charge in [-0.3, -0.25) is 4.21 Å². The van der Waals surface area contributed by atoms with Crippen molar-refractivity contribution in [3.8, 4) is 0 Å². The first-order chi connectivity index (χ1) is 6.59. The molecule has 0 amide bonds. The van der Waals surface area contributed by atoms with Crippen molar-refractivity contribution in [2.45, 2.75) is 19.5 Å². The Kier molecular flexibility index (Phi) is 5.30. The highest BCUT2D eigenvalue weighted by Crippen LogP contribution is 2.22. The monoisotopic (exact) mass is 295 g/mol. The van der Waals surface area contributed by atoms with Crippen LogP contribution in [0.5, 0.6) is 0 Å². The molecule has 1 aromatic heterocycles. The first-order valence-electron chi connectivity index (χ1n) is 4.35. The van der Waals surface area contributed by atoms with Crippen molar-refractivity contribution in [3.63, 3.8) is 0 Å². The van der Waals surface area contributed by atoms with Crippen LogP contribution in [-0.2, 0) is 17.3 Å². The molecule has 14 heavy (non-hydrogen) atoms. The van der Waals surface area contributed by atoms with E-state index in [1.54, 1.807) is 17.6 Å². The molecule has 1 heterocycles. The summed E-state index contributed by atoms with van der Waals surface area (Å²) in [4.78, 5) is 1.29. The molecule has 0 aliphatic rings. The summed E-state index contributed by atoms with van der Waals surface area (Å²) < 4.78 is 12.1. The molecule has 0 bridgehead atoms. The average molecular weight is 296 g/mol. The number of halogens is 1. The van der Waals surface area contributed by atoms with Crippen LogP contribution in [0, 0.1) is 0 Å². The Bertz CT molecular complexity index is 314. The lowest BCUT2D eigenvalue weighted by atomic mass is 10.3. The molecule has 5 heteroatoms. The zero-order valence-corrected chi connectivity index (χ0v) is 11.5. The number of rotatable bonds is 5. The van der Waals surface area contributed by atoms with Crippen molar-refractivity contribution in [2.24, 2.45) is 0 Å². The van der Waals surface area contributed by atoms with Crippen LogP contribution in [0.25, 0.3) is 0 Å². The van der Waals surface area contributed by atoms with E-state index in [1.807, 2.05) is 6.07 Å². The third-order valence-corrected chi connectivity index (χ3v) is 4.68. The van der Waals surface area contributed by atoms with Crippen molar-refractivity contribution < 1.29 is 4.21 Å². The Morgan fingerprint density at radius 2 is 2.43 bits per heavy atom. The van der Waals surface area contributed by atoms with E-state index in [0.29, 0.717) is 11.8 Å². The molecule has 1 N–H and O–H groups in total. The standard InChI is InChI=1S/C9H14BrNOS2/c1-7(6-14(2)12)11-5-9-8(10)3-4-13-9/h3-4,7,11H,5-6H2,1-2H3. The van der Waals surface area contributed by atoms with Gasteiger partial charge in [-0.15, -0.1) is 11.3 Å². The van der Waals surface area contributed by atoms with Gasteiger partial charge in [-0.1, -0.05) is 0 Å². The lowest BCUT2D eigenvalue weighted by molar-refractivity contribution is 0.590. The molecule has 0 aliphatic heterocycles. The highest BCUT2D eigenvalue weighted by molar-refractivity contribution is 9.10. The predicted octanol–water partition coefficient (Wildman–Crippen LogP) is 2.37. The second kappa shape index (κ2) is 6.00. The molecule has 2 unspecified atom stereocenters. The van der Waals surface area contributed by atoms with Crippen LogP contribution in [0.4, 0.5) is 0 Å². The topological polar surface area (TPSA) is 29.1 Å². The molecule has 0 radical (unpaired) electrons. The Hall–Kier alpha value is 0.290. The SMILES string of the molecule is CC(CS(C)=O)NCc1sccc1Br. The summed E-state index contributed by atoms with van der Waals surface area (Å²) in [5, 5.41) is 5.40. The number of nitrogens with one attached hydrogen (secondary N) is 1. The van der Waals surface area contributed by atoms with Crippen LogP contribution in [-0.4, -0.2) is 22.3 Å². The maximum atomic E-state index is 10.9. The summed E-state index contributed by atoms with van der Waals surface area (Å²) in [6.07, 6.45) is 1.74. The Labute approximate surface area is 99.7 Å². The molecule has 2 atom stereocenters. The van der Waals surface area contributed by atoms with Gasteiger partial charge in [-0.25, -0.2) is 0 Å². The largest absolute Gasteiger partial charge is 0.308 e. The molecule has 0 saturated heterocycles. The van der Waals surface area contributed by atoms with E-state index >= 15 is 0 Å². The summed E-state index contributed by atoms with van der Waals surface area (Å²) in [5.41, 5.74) is 0. The Morgan fingerprint density at radius 3 is 2.93 bits per heavy atom. The summed E-state index contributed by atoms with van der Waals surface area (Å²) in [5.74, 6) is 0.711. The Morgan fingerprint density at radius 1 is 1.71 bits per heavy atom. The normalized spacial score (nSPS) is 15.4. The minimum atomic E-state index is -0.720. The van der Waals surface area contributed by atoms with Crippen LogP contribution in [0.3, 0.4) is 0 Å².